The summed E-state index contributed by atoms with van der Waals surface area (Å²) >= 11 is 0. The smallest absolute Gasteiger partial charge is 0.0701 e. The molecule has 160 valence electrons. The van der Waals surface area contributed by atoms with E-state index in [0.29, 0.717) is 17.6 Å². The maximum atomic E-state index is 5.25. The molecule has 3 nitrogen and oxygen atoms in total. The standard InChI is InChI=1S/C8H18.C6H14O.C6H6.C4H8O2/c1-7(2)6-8(3,4)5;1-5(2)7-6(3)4;1-2-4-6-5-3-1;1-2-6-4-3-5-1/h7H,6H2,1-5H3;5-6H,1-4H3;1-6H;1-4H2. The Kier molecular flexibility index (Phi) is 19.4. The molecule has 3 heteroatoms. The average molecular weight is 383 g/mol. The highest BCUT2D eigenvalue weighted by Crippen LogP contribution is 2.23. The first-order chi connectivity index (χ1) is 12.5. The Balaban J connectivity index is 0. The lowest BCUT2D eigenvalue weighted by molar-refractivity contribution is -0.0334. The van der Waals surface area contributed by atoms with Gasteiger partial charge in [0, 0.05) is 0 Å². The Morgan fingerprint density at radius 3 is 1.04 bits per heavy atom. The predicted molar refractivity (Wildman–Crippen MR) is 118 cm³/mol. The third kappa shape index (κ3) is 33.2. The first kappa shape index (κ1) is 28.3. The van der Waals surface area contributed by atoms with E-state index in [1.165, 1.54) is 6.42 Å². The molecule has 0 saturated carbocycles. The number of rotatable bonds is 3. The number of hydrogen-bond acceptors (Lipinski definition) is 3. The van der Waals surface area contributed by atoms with Gasteiger partial charge in [0.15, 0.2) is 0 Å². The second-order valence-electron chi connectivity index (χ2n) is 8.77. The lowest BCUT2D eigenvalue weighted by Gasteiger charge is -2.19. The van der Waals surface area contributed by atoms with Crippen LogP contribution in [0.1, 0.15) is 68.7 Å². The van der Waals surface area contributed by atoms with Crippen LogP contribution < -0.4 is 0 Å². The van der Waals surface area contributed by atoms with Crippen LogP contribution in [-0.2, 0) is 14.2 Å². The zero-order chi connectivity index (χ0) is 21.1. The molecule has 0 spiro atoms. The molecule has 1 aromatic rings. The highest BCUT2D eigenvalue weighted by Gasteiger charge is 2.11. The molecule has 1 aliphatic rings. The van der Waals surface area contributed by atoms with Crippen molar-refractivity contribution in [2.75, 3.05) is 26.4 Å². The fourth-order valence-corrected chi connectivity index (χ4v) is 2.59. The van der Waals surface area contributed by atoms with E-state index in [1.54, 1.807) is 0 Å². The summed E-state index contributed by atoms with van der Waals surface area (Å²) in [4.78, 5) is 0. The first-order valence-electron chi connectivity index (χ1n) is 10.4. The van der Waals surface area contributed by atoms with Gasteiger partial charge >= 0.3 is 0 Å². The predicted octanol–water partition coefficient (Wildman–Crippen LogP) is 6.62. The van der Waals surface area contributed by atoms with Gasteiger partial charge in [0.25, 0.3) is 0 Å². The van der Waals surface area contributed by atoms with Gasteiger partial charge in [-0.15, -0.1) is 0 Å². The van der Waals surface area contributed by atoms with Crippen LogP contribution in [0.3, 0.4) is 0 Å². The highest BCUT2D eigenvalue weighted by molar-refractivity contribution is 4.99. The number of benzene rings is 1. The van der Waals surface area contributed by atoms with Crippen LogP contribution in [0.2, 0.25) is 0 Å². The summed E-state index contributed by atoms with van der Waals surface area (Å²) in [5, 5.41) is 0. The molecule has 1 fully saturated rings. The maximum Gasteiger partial charge on any atom is 0.0701 e. The monoisotopic (exact) mass is 382 g/mol. The van der Waals surface area contributed by atoms with Crippen molar-refractivity contribution in [2.24, 2.45) is 11.3 Å². The number of ether oxygens (including phenoxy) is 3. The molecule has 2 rings (SSSR count). The second kappa shape index (κ2) is 18.5. The first-order valence-corrected chi connectivity index (χ1v) is 10.4. The van der Waals surface area contributed by atoms with E-state index in [9.17, 15) is 0 Å². The minimum absolute atomic E-state index is 0.375. The van der Waals surface area contributed by atoms with Crippen molar-refractivity contribution in [2.45, 2.75) is 80.9 Å². The van der Waals surface area contributed by atoms with Gasteiger partial charge in [-0.05, 0) is 45.4 Å². The lowest BCUT2D eigenvalue weighted by Crippen LogP contribution is -2.16. The Morgan fingerprint density at radius 1 is 0.667 bits per heavy atom. The van der Waals surface area contributed by atoms with E-state index in [1.807, 2.05) is 64.1 Å². The average Bonchev–Trinajstić information content (AvgIpc) is 2.56. The molecule has 1 aliphatic heterocycles. The van der Waals surface area contributed by atoms with Crippen LogP contribution in [0, 0.1) is 11.3 Å². The molecule has 1 heterocycles. The topological polar surface area (TPSA) is 27.7 Å². The van der Waals surface area contributed by atoms with E-state index < -0.39 is 0 Å². The minimum atomic E-state index is 0.375. The van der Waals surface area contributed by atoms with Crippen molar-refractivity contribution in [3.63, 3.8) is 0 Å². The molecule has 0 aliphatic carbocycles. The van der Waals surface area contributed by atoms with Crippen molar-refractivity contribution in [3.8, 4) is 0 Å². The fraction of sp³-hybridized carbons (Fsp3) is 0.750. The molecule has 1 aromatic carbocycles. The van der Waals surface area contributed by atoms with Crippen LogP contribution in [0.15, 0.2) is 36.4 Å². The van der Waals surface area contributed by atoms with Crippen LogP contribution in [0.5, 0.6) is 0 Å². The van der Waals surface area contributed by atoms with Gasteiger partial charge < -0.3 is 14.2 Å². The van der Waals surface area contributed by atoms with Gasteiger partial charge in [-0.1, -0.05) is 71.0 Å². The molecule has 0 N–H and O–H groups in total. The van der Waals surface area contributed by atoms with Gasteiger partial charge in [-0.25, -0.2) is 0 Å². The largest absolute Gasteiger partial charge is 0.377 e. The van der Waals surface area contributed by atoms with Crippen molar-refractivity contribution in [1.82, 2.24) is 0 Å². The van der Waals surface area contributed by atoms with Crippen molar-refractivity contribution in [1.29, 1.82) is 0 Å². The van der Waals surface area contributed by atoms with E-state index in [0.717, 1.165) is 32.3 Å². The van der Waals surface area contributed by atoms with Gasteiger partial charge in [-0.3, -0.25) is 0 Å². The zero-order valence-electron chi connectivity index (χ0n) is 19.5. The van der Waals surface area contributed by atoms with Crippen LogP contribution in [0.25, 0.3) is 0 Å². The molecule has 0 amide bonds. The van der Waals surface area contributed by atoms with Gasteiger partial charge in [-0.2, -0.15) is 0 Å². The van der Waals surface area contributed by atoms with Crippen LogP contribution in [-0.4, -0.2) is 38.6 Å². The molecule has 27 heavy (non-hydrogen) atoms. The fourth-order valence-electron chi connectivity index (χ4n) is 2.59. The van der Waals surface area contributed by atoms with Gasteiger partial charge in [0.05, 0.1) is 38.6 Å². The van der Waals surface area contributed by atoms with E-state index >= 15 is 0 Å². The molecular formula is C24H46O3. The summed E-state index contributed by atoms with van der Waals surface area (Å²) < 4.78 is 15.1. The summed E-state index contributed by atoms with van der Waals surface area (Å²) in [6.07, 6.45) is 2.08. The Labute approximate surface area is 169 Å². The number of hydrogen-bond donors (Lipinski definition) is 0. The summed E-state index contributed by atoms with van der Waals surface area (Å²) in [6.45, 7) is 22.7. The van der Waals surface area contributed by atoms with Gasteiger partial charge in [0.1, 0.15) is 0 Å². The van der Waals surface area contributed by atoms with E-state index in [4.69, 9.17) is 14.2 Å². The summed E-state index contributed by atoms with van der Waals surface area (Å²) in [7, 11) is 0. The highest BCUT2D eigenvalue weighted by atomic mass is 16.6. The van der Waals surface area contributed by atoms with E-state index in [-0.39, 0.29) is 0 Å². The zero-order valence-corrected chi connectivity index (χ0v) is 19.5. The summed E-state index contributed by atoms with van der Waals surface area (Å²) in [5.74, 6) is 0.843. The molecule has 0 unspecified atom stereocenters. The summed E-state index contributed by atoms with van der Waals surface area (Å²) in [6, 6.07) is 12.0. The normalized spacial score (nSPS) is 13.8. The Morgan fingerprint density at radius 2 is 0.963 bits per heavy atom. The Bertz CT molecular complexity index is 332. The summed E-state index contributed by atoms with van der Waals surface area (Å²) in [5.41, 5.74) is 0.522. The van der Waals surface area contributed by atoms with Crippen LogP contribution in [0.4, 0.5) is 0 Å². The minimum Gasteiger partial charge on any atom is -0.377 e. The Hall–Kier alpha value is -0.900. The second-order valence-corrected chi connectivity index (χ2v) is 8.77. The van der Waals surface area contributed by atoms with Crippen molar-refractivity contribution in [3.05, 3.63) is 36.4 Å². The molecular weight excluding hydrogens is 336 g/mol. The lowest BCUT2D eigenvalue weighted by atomic mass is 9.86. The maximum absolute atomic E-state index is 5.25. The molecule has 0 atom stereocenters. The quantitative estimate of drug-likeness (QED) is 0.588. The third-order valence-corrected chi connectivity index (χ3v) is 2.98. The van der Waals surface area contributed by atoms with Crippen molar-refractivity contribution < 1.29 is 14.2 Å². The van der Waals surface area contributed by atoms with Gasteiger partial charge in [0.2, 0.25) is 0 Å². The molecule has 0 bridgehead atoms. The third-order valence-electron chi connectivity index (χ3n) is 2.98. The van der Waals surface area contributed by atoms with E-state index in [2.05, 4.69) is 34.6 Å². The van der Waals surface area contributed by atoms with Crippen molar-refractivity contribution >= 4 is 0 Å². The molecule has 0 radical (unpaired) electrons. The SMILES string of the molecule is C1COCCO1.CC(C)CC(C)(C)C.CC(C)OC(C)C.c1ccccc1. The molecule has 1 saturated heterocycles. The molecule has 0 aromatic heterocycles. The van der Waals surface area contributed by atoms with Crippen LogP contribution >= 0.6 is 0 Å².